The van der Waals surface area contributed by atoms with Gasteiger partial charge in [-0.05, 0) is 46.5 Å². The average Bonchev–Trinajstić information content (AvgIpc) is 3.14. The third-order valence-corrected chi connectivity index (χ3v) is 9.27. The van der Waals surface area contributed by atoms with Crippen LogP contribution in [0.1, 0.15) is 22.3 Å². The highest BCUT2D eigenvalue weighted by molar-refractivity contribution is 6.03. The minimum Gasteiger partial charge on any atom is -0.457 e. The van der Waals surface area contributed by atoms with Crippen molar-refractivity contribution in [2.45, 2.75) is 5.41 Å². The number of ether oxygens (including phenoxy) is 1. The molecule has 2 aromatic heterocycles. The van der Waals surface area contributed by atoms with Gasteiger partial charge in [0.05, 0.1) is 22.1 Å². The highest BCUT2D eigenvalue weighted by Gasteiger charge is 2.45. The molecule has 0 aliphatic carbocycles. The molecule has 0 saturated carbocycles. The number of pyridine rings is 2. The molecule has 46 heavy (non-hydrogen) atoms. The number of hydrogen-bond acceptors (Lipinski definition) is 3. The van der Waals surface area contributed by atoms with Gasteiger partial charge in [-0.15, -0.1) is 0 Å². The van der Waals surface area contributed by atoms with E-state index in [9.17, 15) is 0 Å². The molecule has 0 unspecified atom stereocenters. The predicted octanol–water partition coefficient (Wildman–Crippen LogP) is 10.6. The van der Waals surface area contributed by atoms with Crippen molar-refractivity contribution in [2.24, 2.45) is 0 Å². The lowest BCUT2D eigenvalue weighted by Crippen LogP contribution is -2.34. The fraction of sp³-hybridized carbons (Fsp3) is 0.0233. The molecule has 9 rings (SSSR count). The predicted molar refractivity (Wildman–Crippen MR) is 186 cm³/mol. The standard InChI is InChI=1S/C43H28N2O/c1-2-10-34(11-3-1)43(36-12-4-6-14-39(36)46-40-15-7-5-13-37(40)43)35-25-22-30(23-26-35)29-16-18-31(19-17-29)38-27-24-33-21-20-32-9-8-28-44-41(32)42(33)45-38/h1-28H. The number of benzene rings is 6. The van der Waals surface area contributed by atoms with Crippen LogP contribution < -0.4 is 4.74 Å². The number of fused-ring (bicyclic) bond motifs is 5. The first kappa shape index (κ1) is 26.4. The number of aromatic nitrogens is 2. The van der Waals surface area contributed by atoms with Gasteiger partial charge in [0.1, 0.15) is 11.5 Å². The Morgan fingerprint density at radius 3 is 1.65 bits per heavy atom. The number of para-hydroxylation sites is 2. The highest BCUT2D eigenvalue weighted by atomic mass is 16.5. The van der Waals surface area contributed by atoms with Crippen molar-refractivity contribution >= 4 is 21.8 Å². The second-order valence-electron chi connectivity index (χ2n) is 11.8. The molecule has 1 aliphatic heterocycles. The van der Waals surface area contributed by atoms with E-state index in [0.717, 1.165) is 66.8 Å². The summed E-state index contributed by atoms with van der Waals surface area (Å²) in [6.07, 6.45) is 1.83. The van der Waals surface area contributed by atoms with E-state index in [-0.39, 0.29) is 0 Å². The summed E-state index contributed by atoms with van der Waals surface area (Å²) in [6, 6.07) is 57.8. The lowest BCUT2D eigenvalue weighted by Gasteiger charge is -2.41. The highest BCUT2D eigenvalue weighted by Crippen LogP contribution is 2.55. The van der Waals surface area contributed by atoms with Crippen LogP contribution in [0.15, 0.2) is 170 Å². The maximum atomic E-state index is 6.45. The van der Waals surface area contributed by atoms with Gasteiger partial charge in [0.2, 0.25) is 0 Å². The van der Waals surface area contributed by atoms with Crippen LogP contribution in [-0.4, -0.2) is 9.97 Å². The lowest BCUT2D eigenvalue weighted by atomic mass is 9.63. The molecular formula is C43H28N2O. The van der Waals surface area contributed by atoms with Gasteiger partial charge < -0.3 is 4.74 Å². The second-order valence-corrected chi connectivity index (χ2v) is 11.8. The molecule has 0 N–H and O–H groups in total. The quantitative estimate of drug-likeness (QED) is 0.192. The molecule has 0 bridgehead atoms. The van der Waals surface area contributed by atoms with E-state index >= 15 is 0 Å². The summed E-state index contributed by atoms with van der Waals surface area (Å²) in [7, 11) is 0. The zero-order valence-electron chi connectivity index (χ0n) is 25.0. The molecule has 0 spiro atoms. The smallest absolute Gasteiger partial charge is 0.132 e. The summed E-state index contributed by atoms with van der Waals surface area (Å²) in [5.41, 5.74) is 10.4. The van der Waals surface area contributed by atoms with Crippen molar-refractivity contribution in [2.75, 3.05) is 0 Å². The fourth-order valence-electron chi connectivity index (χ4n) is 7.10. The first-order valence-corrected chi connectivity index (χ1v) is 15.6. The summed E-state index contributed by atoms with van der Waals surface area (Å²) in [4.78, 5) is 9.66. The first-order chi connectivity index (χ1) is 22.8. The number of rotatable bonds is 4. The molecular weight excluding hydrogens is 560 g/mol. The summed E-state index contributed by atoms with van der Waals surface area (Å²) in [5, 5.41) is 2.19. The molecule has 0 fully saturated rings. The molecule has 3 nitrogen and oxygen atoms in total. The molecule has 0 saturated heterocycles. The van der Waals surface area contributed by atoms with Crippen LogP contribution in [0.5, 0.6) is 11.5 Å². The first-order valence-electron chi connectivity index (χ1n) is 15.6. The van der Waals surface area contributed by atoms with Crippen LogP contribution in [0.25, 0.3) is 44.2 Å². The molecule has 0 radical (unpaired) electrons. The van der Waals surface area contributed by atoms with Gasteiger partial charge >= 0.3 is 0 Å². The van der Waals surface area contributed by atoms with E-state index in [0.29, 0.717) is 0 Å². The number of nitrogens with zero attached hydrogens (tertiary/aromatic N) is 2. The number of hydrogen-bond donors (Lipinski definition) is 0. The third-order valence-electron chi connectivity index (χ3n) is 9.27. The zero-order valence-corrected chi connectivity index (χ0v) is 25.0. The Labute approximate surface area is 267 Å². The largest absolute Gasteiger partial charge is 0.457 e. The van der Waals surface area contributed by atoms with Crippen LogP contribution in [-0.2, 0) is 5.41 Å². The molecule has 1 aliphatic rings. The molecule has 6 aromatic carbocycles. The maximum absolute atomic E-state index is 6.45. The van der Waals surface area contributed by atoms with Gasteiger partial charge in [0, 0.05) is 33.7 Å². The van der Waals surface area contributed by atoms with E-state index in [1.807, 2.05) is 24.4 Å². The Kier molecular flexibility index (Phi) is 6.04. The van der Waals surface area contributed by atoms with Crippen LogP contribution in [0.2, 0.25) is 0 Å². The van der Waals surface area contributed by atoms with Gasteiger partial charge in [-0.25, -0.2) is 4.98 Å². The van der Waals surface area contributed by atoms with Crippen molar-refractivity contribution in [3.63, 3.8) is 0 Å². The van der Waals surface area contributed by atoms with E-state index < -0.39 is 5.41 Å². The van der Waals surface area contributed by atoms with Gasteiger partial charge in [0.25, 0.3) is 0 Å². The fourth-order valence-corrected chi connectivity index (χ4v) is 7.10. The van der Waals surface area contributed by atoms with Crippen LogP contribution >= 0.6 is 0 Å². The molecule has 3 heterocycles. The van der Waals surface area contributed by atoms with Crippen LogP contribution in [0, 0.1) is 0 Å². The Balaban J connectivity index is 1.12. The summed E-state index contributed by atoms with van der Waals surface area (Å²) in [6.45, 7) is 0. The van der Waals surface area contributed by atoms with E-state index in [4.69, 9.17) is 9.72 Å². The third kappa shape index (κ3) is 4.06. The van der Waals surface area contributed by atoms with Crippen molar-refractivity contribution in [1.82, 2.24) is 9.97 Å². The summed E-state index contributed by atoms with van der Waals surface area (Å²) in [5.74, 6) is 1.77. The monoisotopic (exact) mass is 588 g/mol. The molecule has 216 valence electrons. The van der Waals surface area contributed by atoms with Crippen LogP contribution in [0.3, 0.4) is 0 Å². The molecule has 3 heteroatoms. The Morgan fingerprint density at radius 2 is 0.957 bits per heavy atom. The van der Waals surface area contributed by atoms with E-state index in [1.54, 1.807) is 0 Å². The topological polar surface area (TPSA) is 35.0 Å². The van der Waals surface area contributed by atoms with E-state index in [2.05, 4.69) is 151 Å². The molecule has 0 amide bonds. The van der Waals surface area contributed by atoms with Gasteiger partial charge in [-0.1, -0.05) is 140 Å². The molecule has 8 aromatic rings. The zero-order chi connectivity index (χ0) is 30.5. The van der Waals surface area contributed by atoms with E-state index in [1.165, 1.54) is 11.1 Å². The lowest BCUT2D eigenvalue weighted by molar-refractivity contribution is 0.434. The average molecular weight is 589 g/mol. The second kappa shape index (κ2) is 10.5. The summed E-state index contributed by atoms with van der Waals surface area (Å²) >= 11 is 0. The van der Waals surface area contributed by atoms with Crippen molar-refractivity contribution in [1.29, 1.82) is 0 Å². The Morgan fingerprint density at radius 1 is 0.413 bits per heavy atom. The normalized spacial score (nSPS) is 13.1. The maximum Gasteiger partial charge on any atom is 0.132 e. The Hall–Kier alpha value is -6.06. The van der Waals surface area contributed by atoms with Crippen molar-refractivity contribution in [3.05, 3.63) is 192 Å². The SMILES string of the molecule is c1ccc(C2(c3ccc(-c4ccc(-c5ccc6ccc7cccnc7c6n5)cc4)cc3)c3ccccc3Oc3ccccc32)cc1. The van der Waals surface area contributed by atoms with Gasteiger partial charge in [0.15, 0.2) is 0 Å². The molecule has 0 atom stereocenters. The minimum atomic E-state index is -0.518. The minimum absolute atomic E-state index is 0.518. The van der Waals surface area contributed by atoms with Gasteiger partial charge in [-0.2, -0.15) is 0 Å². The van der Waals surface area contributed by atoms with Crippen LogP contribution in [0.4, 0.5) is 0 Å². The Bertz CT molecular complexity index is 2330. The van der Waals surface area contributed by atoms with Gasteiger partial charge in [-0.3, -0.25) is 4.98 Å². The van der Waals surface area contributed by atoms with Crippen molar-refractivity contribution < 1.29 is 4.74 Å². The van der Waals surface area contributed by atoms with Crippen molar-refractivity contribution in [3.8, 4) is 33.9 Å². The summed E-state index contributed by atoms with van der Waals surface area (Å²) < 4.78 is 6.45.